The normalized spacial score (nSPS) is 12.7. The molecule has 0 amide bonds. The van der Waals surface area contributed by atoms with E-state index in [1.807, 2.05) is 6.20 Å². The van der Waals surface area contributed by atoms with Gasteiger partial charge in [0.15, 0.2) is 0 Å². The molecule has 96 valence electrons. The minimum absolute atomic E-state index is 0.307. The van der Waals surface area contributed by atoms with E-state index in [1.165, 1.54) is 16.7 Å². The molecule has 0 fully saturated rings. The van der Waals surface area contributed by atoms with Crippen molar-refractivity contribution in [2.45, 2.75) is 33.7 Å². The monoisotopic (exact) mass is 243 g/mol. The predicted molar refractivity (Wildman–Crippen MR) is 75.6 cm³/mol. The Kier molecular flexibility index (Phi) is 3.82. The van der Waals surface area contributed by atoms with Gasteiger partial charge in [0.25, 0.3) is 0 Å². The second-order valence-electron chi connectivity index (χ2n) is 4.78. The fourth-order valence-electron chi connectivity index (χ4n) is 2.10. The van der Waals surface area contributed by atoms with Crippen LogP contribution < -0.4 is 5.32 Å². The molecule has 1 unspecified atom stereocenters. The molecular weight excluding hydrogens is 222 g/mol. The first kappa shape index (κ1) is 12.8. The molecule has 1 atom stereocenters. The van der Waals surface area contributed by atoms with Crippen LogP contribution in [-0.4, -0.2) is 16.5 Å². The van der Waals surface area contributed by atoms with E-state index in [1.54, 1.807) is 0 Å². The molecule has 0 saturated heterocycles. The van der Waals surface area contributed by atoms with Gasteiger partial charge in [-0.15, -0.1) is 0 Å². The van der Waals surface area contributed by atoms with Crippen LogP contribution in [0.5, 0.6) is 0 Å². The number of benzene rings is 1. The third-order valence-corrected chi connectivity index (χ3v) is 3.22. The highest BCUT2D eigenvalue weighted by molar-refractivity contribution is 5.61. The highest BCUT2D eigenvalue weighted by Crippen LogP contribution is 2.23. The molecule has 1 heterocycles. The lowest BCUT2D eigenvalue weighted by Crippen LogP contribution is -2.17. The topological polar surface area (TPSA) is 40.7 Å². The number of aryl methyl sites for hydroxylation is 2. The summed E-state index contributed by atoms with van der Waals surface area (Å²) in [6.45, 7) is 9.43. The lowest BCUT2D eigenvalue weighted by molar-refractivity contribution is 0.586. The van der Waals surface area contributed by atoms with Crippen LogP contribution in [-0.2, 0) is 0 Å². The number of rotatable bonds is 4. The van der Waals surface area contributed by atoms with Crippen LogP contribution in [0.15, 0.2) is 24.4 Å². The molecule has 0 aliphatic heterocycles. The van der Waals surface area contributed by atoms with Crippen LogP contribution in [0.4, 0.5) is 0 Å². The smallest absolute Gasteiger partial charge is 0.137 e. The molecule has 18 heavy (non-hydrogen) atoms. The first-order chi connectivity index (χ1) is 8.61. The maximum atomic E-state index is 4.50. The molecule has 0 bridgehead atoms. The second-order valence-corrected chi connectivity index (χ2v) is 4.78. The predicted octanol–water partition coefficient (Wildman–Crippen LogP) is 3.36. The number of nitrogens with one attached hydrogen (secondary N) is 2. The molecule has 3 nitrogen and oxygen atoms in total. The van der Waals surface area contributed by atoms with E-state index in [2.05, 4.69) is 61.2 Å². The van der Waals surface area contributed by atoms with Crippen molar-refractivity contribution in [1.82, 2.24) is 15.3 Å². The van der Waals surface area contributed by atoms with Crippen molar-refractivity contribution < 1.29 is 0 Å². The van der Waals surface area contributed by atoms with E-state index in [-0.39, 0.29) is 0 Å². The van der Waals surface area contributed by atoms with Crippen LogP contribution in [0, 0.1) is 13.8 Å². The first-order valence-electron chi connectivity index (χ1n) is 6.47. The largest absolute Gasteiger partial charge is 0.341 e. The first-order valence-corrected chi connectivity index (χ1v) is 6.47. The molecule has 1 aromatic carbocycles. The van der Waals surface area contributed by atoms with Crippen molar-refractivity contribution in [3.63, 3.8) is 0 Å². The third-order valence-electron chi connectivity index (χ3n) is 3.22. The Balaban J connectivity index is 2.32. The number of aromatic amines is 1. The fraction of sp³-hybridized carbons (Fsp3) is 0.400. The average molecular weight is 243 g/mol. The molecule has 0 spiro atoms. The maximum Gasteiger partial charge on any atom is 0.137 e. The Morgan fingerprint density at radius 3 is 2.83 bits per heavy atom. The van der Waals surface area contributed by atoms with Crippen molar-refractivity contribution in [1.29, 1.82) is 0 Å². The summed E-state index contributed by atoms with van der Waals surface area (Å²) in [6, 6.07) is 6.75. The van der Waals surface area contributed by atoms with Gasteiger partial charge in [0, 0.05) is 11.6 Å². The maximum absolute atomic E-state index is 4.50. The van der Waals surface area contributed by atoms with Crippen molar-refractivity contribution in [2.24, 2.45) is 0 Å². The molecule has 0 aliphatic carbocycles. The Hall–Kier alpha value is -1.61. The van der Waals surface area contributed by atoms with E-state index in [9.17, 15) is 0 Å². The van der Waals surface area contributed by atoms with Gasteiger partial charge in [0.05, 0.1) is 11.9 Å². The summed E-state index contributed by atoms with van der Waals surface area (Å²) < 4.78 is 0. The van der Waals surface area contributed by atoms with Gasteiger partial charge in [0.2, 0.25) is 0 Å². The summed E-state index contributed by atoms with van der Waals surface area (Å²) in [4.78, 5) is 7.90. The van der Waals surface area contributed by atoms with Gasteiger partial charge in [-0.1, -0.05) is 24.6 Å². The zero-order valence-corrected chi connectivity index (χ0v) is 11.5. The number of aromatic nitrogens is 2. The van der Waals surface area contributed by atoms with Gasteiger partial charge in [-0.2, -0.15) is 0 Å². The molecule has 3 heteroatoms. The van der Waals surface area contributed by atoms with Gasteiger partial charge in [-0.3, -0.25) is 0 Å². The van der Waals surface area contributed by atoms with Gasteiger partial charge in [-0.05, 0) is 38.9 Å². The minimum atomic E-state index is 0.307. The standard InChI is InChI=1S/C15H21N3/c1-5-16-12(4)14-9-17-15(18-14)13-8-10(2)6-7-11(13)3/h6-9,12,16H,5H2,1-4H3,(H,17,18). The van der Waals surface area contributed by atoms with Gasteiger partial charge < -0.3 is 10.3 Å². The van der Waals surface area contributed by atoms with Crippen LogP contribution in [0.1, 0.15) is 36.7 Å². The highest BCUT2D eigenvalue weighted by atomic mass is 15.0. The van der Waals surface area contributed by atoms with E-state index >= 15 is 0 Å². The molecule has 2 N–H and O–H groups in total. The lowest BCUT2D eigenvalue weighted by atomic mass is 10.1. The highest BCUT2D eigenvalue weighted by Gasteiger charge is 2.10. The number of imidazole rings is 1. The molecule has 2 aromatic rings. The molecule has 0 saturated carbocycles. The summed E-state index contributed by atoms with van der Waals surface area (Å²) in [5.74, 6) is 0.955. The molecule has 2 rings (SSSR count). The van der Waals surface area contributed by atoms with Crippen LogP contribution >= 0.6 is 0 Å². The van der Waals surface area contributed by atoms with Gasteiger partial charge in [-0.25, -0.2) is 4.98 Å². The number of hydrogen-bond donors (Lipinski definition) is 2. The van der Waals surface area contributed by atoms with E-state index in [0.717, 1.165) is 18.1 Å². The number of hydrogen-bond acceptors (Lipinski definition) is 2. The SMILES string of the molecule is CCNC(C)c1cnc(-c2cc(C)ccc2C)[nH]1. The van der Waals surface area contributed by atoms with Crippen molar-refractivity contribution >= 4 is 0 Å². The zero-order chi connectivity index (χ0) is 13.1. The Labute approximate surface area is 109 Å². The van der Waals surface area contributed by atoms with Crippen LogP contribution in [0.3, 0.4) is 0 Å². The summed E-state index contributed by atoms with van der Waals surface area (Å²) in [7, 11) is 0. The van der Waals surface area contributed by atoms with E-state index in [4.69, 9.17) is 0 Å². The molecular formula is C15H21N3. The third kappa shape index (κ3) is 2.62. The summed E-state index contributed by atoms with van der Waals surface area (Å²) in [6.07, 6.45) is 1.92. The second kappa shape index (κ2) is 5.36. The van der Waals surface area contributed by atoms with Crippen LogP contribution in [0.25, 0.3) is 11.4 Å². The average Bonchev–Trinajstić information content (AvgIpc) is 2.82. The van der Waals surface area contributed by atoms with Crippen molar-refractivity contribution in [3.05, 3.63) is 41.2 Å². The van der Waals surface area contributed by atoms with Crippen molar-refractivity contribution in [3.8, 4) is 11.4 Å². The Morgan fingerprint density at radius 1 is 1.33 bits per heavy atom. The quantitative estimate of drug-likeness (QED) is 0.864. The van der Waals surface area contributed by atoms with Crippen LogP contribution in [0.2, 0.25) is 0 Å². The Morgan fingerprint density at radius 2 is 2.11 bits per heavy atom. The Bertz CT molecular complexity index is 528. The lowest BCUT2D eigenvalue weighted by Gasteiger charge is -2.09. The number of nitrogens with zero attached hydrogens (tertiary/aromatic N) is 1. The van der Waals surface area contributed by atoms with E-state index in [0.29, 0.717) is 6.04 Å². The van der Waals surface area contributed by atoms with Gasteiger partial charge in [0.1, 0.15) is 5.82 Å². The summed E-state index contributed by atoms with van der Waals surface area (Å²) in [5, 5.41) is 3.38. The minimum Gasteiger partial charge on any atom is -0.341 e. The zero-order valence-electron chi connectivity index (χ0n) is 11.5. The molecule has 0 aliphatic rings. The van der Waals surface area contributed by atoms with Gasteiger partial charge >= 0.3 is 0 Å². The van der Waals surface area contributed by atoms with Crippen molar-refractivity contribution in [2.75, 3.05) is 6.54 Å². The van der Waals surface area contributed by atoms with E-state index < -0.39 is 0 Å². The summed E-state index contributed by atoms with van der Waals surface area (Å²) >= 11 is 0. The number of H-pyrrole nitrogens is 1. The molecule has 0 radical (unpaired) electrons. The fourth-order valence-corrected chi connectivity index (χ4v) is 2.10. The molecule has 1 aromatic heterocycles. The summed E-state index contributed by atoms with van der Waals surface area (Å²) in [5.41, 5.74) is 4.82.